The third-order valence-corrected chi connectivity index (χ3v) is 4.36. The Morgan fingerprint density at radius 3 is 3.11 bits per heavy atom. The van der Waals surface area contributed by atoms with Crippen LogP contribution in [0.2, 0.25) is 0 Å². The first-order valence-corrected chi connectivity index (χ1v) is 7.37. The predicted octanol–water partition coefficient (Wildman–Crippen LogP) is 3.46. The Morgan fingerprint density at radius 2 is 2.26 bits per heavy atom. The second-order valence-corrected chi connectivity index (χ2v) is 5.71. The molecule has 3 atom stereocenters. The lowest BCUT2D eigenvalue weighted by Crippen LogP contribution is -2.25. The zero-order chi connectivity index (χ0) is 13.2. The summed E-state index contributed by atoms with van der Waals surface area (Å²) in [7, 11) is 0. The van der Waals surface area contributed by atoms with Crippen LogP contribution in [0.5, 0.6) is 11.5 Å². The van der Waals surface area contributed by atoms with E-state index in [0.717, 1.165) is 35.8 Å². The number of hydrogen-bond donors (Lipinski definition) is 1. The highest BCUT2D eigenvalue weighted by atomic mass is 16.5. The van der Waals surface area contributed by atoms with Crippen LogP contribution in [-0.2, 0) is 0 Å². The van der Waals surface area contributed by atoms with Gasteiger partial charge in [-0.2, -0.15) is 0 Å². The summed E-state index contributed by atoms with van der Waals surface area (Å²) in [6, 6.07) is 5.79. The monoisotopic (exact) mass is 262 g/mol. The molecule has 1 saturated carbocycles. The quantitative estimate of drug-likeness (QED) is 0.906. The minimum Gasteiger partial charge on any atom is -0.490 e. The molecule has 1 aromatic rings. The highest BCUT2D eigenvalue weighted by molar-refractivity contribution is 5.44. The van der Waals surface area contributed by atoms with Crippen LogP contribution < -0.4 is 9.47 Å². The van der Waals surface area contributed by atoms with E-state index < -0.39 is 6.10 Å². The molecular weight excluding hydrogens is 240 g/mol. The topological polar surface area (TPSA) is 38.7 Å². The first-order valence-electron chi connectivity index (χ1n) is 7.37. The highest BCUT2D eigenvalue weighted by Gasteiger charge is 2.25. The van der Waals surface area contributed by atoms with E-state index in [-0.39, 0.29) is 0 Å². The van der Waals surface area contributed by atoms with Gasteiger partial charge in [0.15, 0.2) is 0 Å². The fourth-order valence-corrected chi connectivity index (χ4v) is 3.16. The lowest BCUT2D eigenvalue weighted by molar-refractivity contribution is 0.121. The molecule has 1 heterocycles. The van der Waals surface area contributed by atoms with Crippen LogP contribution in [0.4, 0.5) is 0 Å². The number of benzene rings is 1. The predicted molar refractivity (Wildman–Crippen MR) is 73.6 cm³/mol. The van der Waals surface area contributed by atoms with Gasteiger partial charge in [-0.3, -0.25) is 0 Å². The maximum atomic E-state index is 9.69. The molecule has 0 amide bonds. The fourth-order valence-electron chi connectivity index (χ4n) is 3.16. The van der Waals surface area contributed by atoms with Gasteiger partial charge < -0.3 is 14.6 Å². The average molecular weight is 262 g/mol. The summed E-state index contributed by atoms with van der Waals surface area (Å²) in [6.45, 7) is 2.62. The molecule has 0 saturated heterocycles. The van der Waals surface area contributed by atoms with E-state index >= 15 is 0 Å². The summed E-state index contributed by atoms with van der Waals surface area (Å²) in [4.78, 5) is 0. The van der Waals surface area contributed by atoms with Gasteiger partial charge in [0.1, 0.15) is 24.2 Å². The zero-order valence-corrected chi connectivity index (χ0v) is 11.5. The van der Waals surface area contributed by atoms with Crippen LogP contribution in [0.1, 0.15) is 50.7 Å². The van der Waals surface area contributed by atoms with Gasteiger partial charge in [0.05, 0.1) is 6.10 Å². The Morgan fingerprint density at radius 1 is 1.37 bits per heavy atom. The summed E-state index contributed by atoms with van der Waals surface area (Å²) >= 11 is 0. The SMILES string of the molecule is CCC1CCCC(Oc2ccc3c(c2)OCC3O)C1. The van der Waals surface area contributed by atoms with Crippen molar-refractivity contribution in [3.63, 3.8) is 0 Å². The first kappa shape index (κ1) is 12.8. The smallest absolute Gasteiger partial charge is 0.129 e. The molecule has 3 rings (SSSR count). The maximum Gasteiger partial charge on any atom is 0.129 e. The molecule has 2 aliphatic rings. The van der Waals surface area contributed by atoms with E-state index in [1.54, 1.807) is 0 Å². The molecule has 1 N–H and O–H groups in total. The summed E-state index contributed by atoms with van der Waals surface area (Å²) in [5.41, 5.74) is 0.877. The van der Waals surface area contributed by atoms with Gasteiger partial charge in [-0.05, 0) is 37.3 Å². The number of rotatable bonds is 3. The van der Waals surface area contributed by atoms with Crippen molar-refractivity contribution in [2.75, 3.05) is 6.61 Å². The van der Waals surface area contributed by atoms with Crippen LogP contribution >= 0.6 is 0 Å². The van der Waals surface area contributed by atoms with Gasteiger partial charge >= 0.3 is 0 Å². The standard InChI is InChI=1S/C16H22O3/c1-2-11-4-3-5-12(8-11)19-13-6-7-14-15(17)10-18-16(14)9-13/h6-7,9,11-12,15,17H,2-5,8,10H2,1H3. The number of ether oxygens (including phenoxy) is 2. The van der Waals surface area contributed by atoms with Crippen molar-refractivity contribution >= 4 is 0 Å². The van der Waals surface area contributed by atoms with Crippen LogP contribution in [-0.4, -0.2) is 17.8 Å². The summed E-state index contributed by atoms with van der Waals surface area (Å²) < 4.78 is 11.5. The van der Waals surface area contributed by atoms with Crippen LogP contribution in [0.25, 0.3) is 0 Å². The van der Waals surface area contributed by atoms with Crippen molar-refractivity contribution in [2.45, 2.75) is 51.2 Å². The number of aliphatic hydroxyl groups is 1. The van der Waals surface area contributed by atoms with E-state index in [0.29, 0.717) is 12.7 Å². The van der Waals surface area contributed by atoms with Crippen molar-refractivity contribution < 1.29 is 14.6 Å². The van der Waals surface area contributed by atoms with E-state index in [9.17, 15) is 5.11 Å². The van der Waals surface area contributed by atoms with Crippen molar-refractivity contribution in [3.8, 4) is 11.5 Å². The summed E-state index contributed by atoms with van der Waals surface area (Å²) in [5, 5.41) is 9.69. The van der Waals surface area contributed by atoms with Gasteiger partial charge in [-0.15, -0.1) is 0 Å². The molecule has 1 aromatic carbocycles. The van der Waals surface area contributed by atoms with Crippen molar-refractivity contribution in [1.82, 2.24) is 0 Å². The molecule has 1 aliphatic heterocycles. The van der Waals surface area contributed by atoms with Gasteiger partial charge in [-0.25, -0.2) is 0 Å². The normalized spacial score (nSPS) is 29.7. The molecule has 0 aromatic heterocycles. The molecule has 3 unspecified atom stereocenters. The van der Waals surface area contributed by atoms with E-state index in [2.05, 4.69) is 6.92 Å². The largest absolute Gasteiger partial charge is 0.490 e. The zero-order valence-electron chi connectivity index (χ0n) is 11.5. The van der Waals surface area contributed by atoms with Crippen molar-refractivity contribution in [2.24, 2.45) is 5.92 Å². The van der Waals surface area contributed by atoms with Crippen LogP contribution in [0.3, 0.4) is 0 Å². The lowest BCUT2D eigenvalue weighted by atomic mass is 9.85. The lowest BCUT2D eigenvalue weighted by Gasteiger charge is -2.29. The average Bonchev–Trinajstić information content (AvgIpc) is 2.80. The van der Waals surface area contributed by atoms with Gasteiger partial charge in [-0.1, -0.05) is 19.8 Å². The van der Waals surface area contributed by atoms with E-state index in [1.165, 1.54) is 19.3 Å². The Kier molecular flexibility index (Phi) is 3.65. The summed E-state index contributed by atoms with van der Waals surface area (Å²) in [6.07, 6.45) is 6.03. The van der Waals surface area contributed by atoms with Gasteiger partial charge in [0, 0.05) is 11.6 Å². The maximum absolute atomic E-state index is 9.69. The number of hydrogen-bond acceptors (Lipinski definition) is 3. The minimum absolute atomic E-state index is 0.336. The second kappa shape index (κ2) is 5.41. The van der Waals surface area contributed by atoms with Gasteiger partial charge in [0.2, 0.25) is 0 Å². The molecule has 104 valence electrons. The van der Waals surface area contributed by atoms with Crippen molar-refractivity contribution in [3.05, 3.63) is 23.8 Å². The van der Waals surface area contributed by atoms with E-state index in [1.807, 2.05) is 18.2 Å². The third kappa shape index (κ3) is 2.71. The molecule has 1 fully saturated rings. The molecule has 0 bridgehead atoms. The Bertz CT molecular complexity index is 444. The molecule has 0 spiro atoms. The van der Waals surface area contributed by atoms with E-state index in [4.69, 9.17) is 9.47 Å². The summed E-state index contributed by atoms with van der Waals surface area (Å²) in [5.74, 6) is 2.45. The minimum atomic E-state index is -0.483. The molecule has 1 aliphatic carbocycles. The Labute approximate surface area is 114 Å². The van der Waals surface area contributed by atoms with Crippen LogP contribution in [0.15, 0.2) is 18.2 Å². The Balaban J connectivity index is 1.67. The molecular formula is C16H22O3. The molecule has 19 heavy (non-hydrogen) atoms. The van der Waals surface area contributed by atoms with Gasteiger partial charge in [0.25, 0.3) is 0 Å². The number of fused-ring (bicyclic) bond motifs is 1. The van der Waals surface area contributed by atoms with Crippen LogP contribution in [0, 0.1) is 5.92 Å². The second-order valence-electron chi connectivity index (χ2n) is 5.71. The first-order chi connectivity index (χ1) is 9.26. The molecule has 0 radical (unpaired) electrons. The van der Waals surface area contributed by atoms with Crippen molar-refractivity contribution in [1.29, 1.82) is 0 Å². The third-order valence-electron chi connectivity index (χ3n) is 4.36. The molecule has 3 nitrogen and oxygen atoms in total. The number of aliphatic hydroxyl groups excluding tert-OH is 1. The fraction of sp³-hybridized carbons (Fsp3) is 0.625. The Hall–Kier alpha value is -1.22. The highest BCUT2D eigenvalue weighted by Crippen LogP contribution is 2.36. The molecule has 3 heteroatoms.